The van der Waals surface area contributed by atoms with Gasteiger partial charge in [-0.05, 0) is 55.1 Å². The summed E-state index contributed by atoms with van der Waals surface area (Å²) >= 11 is 0. The van der Waals surface area contributed by atoms with Crippen LogP contribution in [0.5, 0.6) is 0 Å². The van der Waals surface area contributed by atoms with Gasteiger partial charge in [-0.1, -0.05) is 42.5 Å². The van der Waals surface area contributed by atoms with Crippen LogP contribution in [-0.2, 0) is 17.5 Å². The van der Waals surface area contributed by atoms with Crippen molar-refractivity contribution in [1.82, 2.24) is 10.2 Å². The number of hydrogen-bond donors (Lipinski definition) is 1. The van der Waals surface area contributed by atoms with Crippen LogP contribution < -0.4 is 5.32 Å². The fourth-order valence-electron chi connectivity index (χ4n) is 3.47. The first-order valence-corrected chi connectivity index (χ1v) is 9.12. The summed E-state index contributed by atoms with van der Waals surface area (Å²) in [6.45, 7) is 2.07. The van der Waals surface area contributed by atoms with E-state index in [1.165, 1.54) is 11.6 Å². The topological polar surface area (TPSA) is 32.3 Å². The number of benzene rings is 2. The molecule has 0 bridgehead atoms. The Hall–Kier alpha value is -2.34. The number of nitrogens with zero attached hydrogens (tertiary/aromatic N) is 1. The highest BCUT2D eigenvalue weighted by atomic mass is 19.4. The Balaban J connectivity index is 1.44. The van der Waals surface area contributed by atoms with E-state index < -0.39 is 11.7 Å². The van der Waals surface area contributed by atoms with E-state index in [1.54, 1.807) is 6.07 Å². The third-order valence-corrected chi connectivity index (χ3v) is 4.97. The van der Waals surface area contributed by atoms with E-state index in [0.717, 1.165) is 38.1 Å². The standard InChI is InChI=1S/C21H23F3N2O/c22-21(23,24)19-8-4-5-16(13-19)14-25-20(27)15-26-11-9-18(10-12-26)17-6-2-1-3-7-17/h1-8,13,18H,9-12,14-15H2,(H,25,27). The van der Waals surface area contributed by atoms with E-state index in [0.29, 0.717) is 11.5 Å². The molecular formula is C21H23F3N2O. The van der Waals surface area contributed by atoms with Gasteiger partial charge < -0.3 is 5.32 Å². The first-order chi connectivity index (χ1) is 12.9. The number of rotatable bonds is 5. The Labute approximate surface area is 157 Å². The first-order valence-electron chi connectivity index (χ1n) is 9.12. The molecule has 1 heterocycles. The van der Waals surface area contributed by atoms with Crippen LogP contribution in [0.25, 0.3) is 0 Å². The molecule has 6 heteroatoms. The van der Waals surface area contributed by atoms with Gasteiger partial charge in [0, 0.05) is 6.54 Å². The number of amides is 1. The van der Waals surface area contributed by atoms with E-state index in [4.69, 9.17) is 0 Å². The summed E-state index contributed by atoms with van der Waals surface area (Å²) in [5, 5.41) is 2.72. The molecule has 0 saturated carbocycles. The third kappa shape index (κ3) is 5.57. The number of likely N-dealkylation sites (tertiary alicyclic amines) is 1. The lowest BCUT2D eigenvalue weighted by Gasteiger charge is -2.31. The highest BCUT2D eigenvalue weighted by molar-refractivity contribution is 5.78. The molecule has 1 amide bonds. The predicted molar refractivity (Wildman–Crippen MR) is 98.1 cm³/mol. The molecule has 27 heavy (non-hydrogen) atoms. The minimum absolute atomic E-state index is 0.100. The highest BCUT2D eigenvalue weighted by Gasteiger charge is 2.30. The average molecular weight is 376 g/mol. The quantitative estimate of drug-likeness (QED) is 0.848. The van der Waals surface area contributed by atoms with E-state index in [1.807, 2.05) is 18.2 Å². The van der Waals surface area contributed by atoms with Crippen LogP contribution in [0.15, 0.2) is 54.6 Å². The van der Waals surface area contributed by atoms with Gasteiger partial charge in [0.05, 0.1) is 12.1 Å². The van der Waals surface area contributed by atoms with Gasteiger partial charge in [-0.15, -0.1) is 0 Å². The van der Waals surface area contributed by atoms with E-state index in [-0.39, 0.29) is 19.0 Å². The van der Waals surface area contributed by atoms with Gasteiger partial charge in [-0.3, -0.25) is 9.69 Å². The summed E-state index contributed by atoms with van der Waals surface area (Å²) in [6.07, 6.45) is -2.36. The van der Waals surface area contributed by atoms with Crippen LogP contribution in [0.4, 0.5) is 13.2 Å². The number of halogens is 3. The maximum Gasteiger partial charge on any atom is 0.416 e. The average Bonchev–Trinajstić information content (AvgIpc) is 2.67. The maximum absolute atomic E-state index is 12.7. The van der Waals surface area contributed by atoms with Crippen molar-refractivity contribution < 1.29 is 18.0 Å². The van der Waals surface area contributed by atoms with Gasteiger partial charge in [-0.2, -0.15) is 13.2 Å². The molecule has 1 aliphatic heterocycles. The molecule has 0 unspecified atom stereocenters. The molecule has 0 radical (unpaired) electrons. The molecule has 3 nitrogen and oxygen atoms in total. The fraction of sp³-hybridized carbons (Fsp3) is 0.381. The predicted octanol–water partition coefficient (Wildman–Crippen LogP) is 4.20. The molecule has 144 valence electrons. The number of hydrogen-bond acceptors (Lipinski definition) is 2. The van der Waals surface area contributed by atoms with Gasteiger partial charge in [0.25, 0.3) is 0 Å². The molecule has 3 rings (SSSR count). The summed E-state index contributed by atoms with van der Waals surface area (Å²) in [7, 11) is 0. The molecule has 0 aromatic heterocycles. The number of alkyl halides is 3. The lowest BCUT2D eigenvalue weighted by Crippen LogP contribution is -2.41. The van der Waals surface area contributed by atoms with Crippen LogP contribution in [-0.4, -0.2) is 30.4 Å². The van der Waals surface area contributed by atoms with Crippen LogP contribution in [0.1, 0.15) is 35.4 Å². The second kappa shape index (κ2) is 8.57. The maximum atomic E-state index is 12.7. The van der Waals surface area contributed by atoms with Crippen molar-refractivity contribution >= 4 is 5.91 Å². The number of nitrogens with one attached hydrogen (secondary N) is 1. The van der Waals surface area contributed by atoms with Crippen molar-refractivity contribution in [2.45, 2.75) is 31.5 Å². The van der Waals surface area contributed by atoms with Gasteiger partial charge in [0.15, 0.2) is 0 Å². The second-order valence-electron chi connectivity index (χ2n) is 6.94. The summed E-state index contributed by atoms with van der Waals surface area (Å²) in [5.41, 5.74) is 1.09. The van der Waals surface area contributed by atoms with E-state index in [9.17, 15) is 18.0 Å². The minimum Gasteiger partial charge on any atom is -0.351 e. The Morgan fingerprint density at radius 3 is 2.41 bits per heavy atom. The fourth-order valence-corrected chi connectivity index (χ4v) is 3.47. The van der Waals surface area contributed by atoms with Crippen LogP contribution in [0, 0.1) is 0 Å². The molecule has 0 atom stereocenters. The van der Waals surface area contributed by atoms with Gasteiger partial charge in [-0.25, -0.2) is 0 Å². The van der Waals surface area contributed by atoms with Crippen molar-refractivity contribution in [3.05, 3.63) is 71.3 Å². The van der Waals surface area contributed by atoms with Crippen LogP contribution in [0.2, 0.25) is 0 Å². The van der Waals surface area contributed by atoms with E-state index in [2.05, 4.69) is 22.3 Å². The van der Waals surface area contributed by atoms with Crippen molar-refractivity contribution in [2.75, 3.05) is 19.6 Å². The third-order valence-electron chi connectivity index (χ3n) is 4.97. The molecule has 1 aliphatic rings. The Morgan fingerprint density at radius 2 is 1.74 bits per heavy atom. The van der Waals surface area contributed by atoms with E-state index >= 15 is 0 Å². The highest BCUT2D eigenvalue weighted by Crippen LogP contribution is 2.29. The molecule has 1 saturated heterocycles. The Kier molecular flexibility index (Phi) is 6.16. The van der Waals surface area contributed by atoms with Crippen molar-refractivity contribution in [1.29, 1.82) is 0 Å². The lowest BCUT2D eigenvalue weighted by molar-refractivity contribution is -0.137. The minimum atomic E-state index is -4.37. The summed E-state index contributed by atoms with van der Waals surface area (Å²) in [6, 6.07) is 15.4. The summed E-state index contributed by atoms with van der Waals surface area (Å²) < 4.78 is 38.2. The summed E-state index contributed by atoms with van der Waals surface area (Å²) in [4.78, 5) is 14.2. The number of carbonyl (C=O) groups excluding carboxylic acids is 1. The summed E-state index contributed by atoms with van der Waals surface area (Å²) in [5.74, 6) is 0.362. The van der Waals surface area contributed by atoms with Crippen molar-refractivity contribution in [2.24, 2.45) is 0 Å². The Morgan fingerprint density at radius 1 is 1.04 bits per heavy atom. The van der Waals surface area contributed by atoms with Gasteiger partial charge >= 0.3 is 6.18 Å². The Bertz CT molecular complexity index is 754. The molecule has 0 aliphatic carbocycles. The lowest BCUT2D eigenvalue weighted by atomic mass is 9.89. The zero-order valence-corrected chi connectivity index (χ0v) is 15.0. The first kappa shape index (κ1) is 19.4. The molecule has 1 N–H and O–H groups in total. The zero-order valence-electron chi connectivity index (χ0n) is 15.0. The van der Waals surface area contributed by atoms with Crippen molar-refractivity contribution in [3.63, 3.8) is 0 Å². The molecule has 2 aromatic carbocycles. The van der Waals surface area contributed by atoms with Gasteiger partial charge in [0.2, 0.25) is 5.91 Å². The zero-order chi connectivity index (χ0) is 19.3. The number of carbonyl (C=O) groups is 1. The van der Waals surface area contributed by atoms with Crippen molar-refractivity contribution in [3.8, 4) is 0 Å². The second-order valence-corrected chi connectivity index (χ2v) is 6.94. The number of piperidine rings is 1. The van der Waals surface area contributed by atoms with Gasteiger partial charge in [0.1, 0.15) is 0 Å². The monoisotopic (exact) mass is 376 g/mol. The normalized spacial score (nSPS) is 16.3. The molecule has 0 spiro atoms. The molecule has 2 aromatic rings. The van der Waals surface area contributed by atoms with Crippen LogP contribution >= 0.6 is 0 Å². The largest absolute Gasteiger partial charge is 0.416 e. The molecular weight excluding hydrogens is 353 g/mol. The smallest absolute Gasteiger partial charge is 0.351 e. The molecule has 1 fully saturated rings. The SMILES string of the molecule is O=C(CN1CCC(c2ccccc2)CC1)NCc1cccc(C(F)(F)F)c1. The van der Waals surface area contributed by atoms with Crippen LogP contribution in [0.3, 0.4) is 0 Å².